The molecule has 2 N–H and O–H groups in total. The fraction of sp³-hybridized carbons (Fsp3) is 0.667. The molecule has 21 heavy (non-hydrogen) atoms. The van der Waals surface area contributed by atoms with Crippen LogP contribution in [0.2, 0.25) is 0 Å². The molecule has 1 aliphatic rings. The first-order valence-electron chi connectivity index (χ1n) is 6.87. The Balaban J connectivity index is 2.18. The molecule has 1 aliphatic heterocycles. The third kappa shape index (κ3) is 3.79. The Kier molecular flexibility index (Phi) is 5.31. The number of hydrogen-bond donors (Lipinski definition) is 2. The summed E-state index contributed by atoms with van der Waals surface area (Å²) < 4.78 is 28.6. The van der Waals surface area contributed by atoms with E-state index in [1.165, 1.54) is 11.3 Å². The monoisotopic (exact) mass is 333 g/mol. The highest BCUT2D eigenvalue weighted by Crippen LogP contribution is 2.24. The van der Waals surface area contributed by atoms with Crippen LogP contribution in [0.15, 0.2) is 11.6 Å². The minimum absolute atomic E-state index is 0.237. The highest BCUT2D eigenvalue weighted by Gasteiger charge is 2.37. The van der Waals surface area contributed by atoms with Crippen LogP contribution in [0.3, 0.4) is 0 Å². The summed E-state index contributed by atoms with van der Waals surface area (Å²) in [6, 6.07) is -1.41. The van der Waals surface area contributed by atoms with Crippen molar-refractivity contribution in [1.29, 1.82) is 0 Å². The number of rotatable bonds is 6. The average molecular weight is 333 g/mol. The van der Waals surface area contributed by atoms with Gasteiger partial charge >= 0.3 is 5.97 Å². The summed E-state index contributed by atoms with van der Waals surface area (Å²) in [5.41, 5.74) is 0. The molecule has 2 unspecified atom stereocenters. The molecular weight excluding hydrogens is 314 g/mol. The van der Waals surface area contributed by atoms with Crippen molar-refractivity contribution in [2.24, 2.45) is 0 Å². The first-order chi connectivity index (χ1) is 9.95. The molecule has 118 valence electrons. The van der Waals surface area contributed by atoms with Gasteiger partial charge in [0.15, 0.2) is 0 Å². The van der Waals surface area contributed by atoms with Crippen LogP contribution in [-0.2, 0) is 15.0 Å². The molecule has 9 heteroatoms. The molecular formula is C12H19N3O4S2. The number of nitrogens with one attached hydrogen (secondary N) is 1. The van der Waals surface area contributed by atoms with Gasteiger partial charge in [-0.3, -0.25) is 4.79 Å². The molecule has 7 nitrogen and oxygen atoms in total. The maximum Gasteiger partial charge on any atom is 0.322 e. The number of aliphatic carboxylic acids is 1. The molecule has 0 radical (unpaired) electrons. The molecule has 2 rings (SSSR count). The first kappa shape index (κ1) is 16.3. The Labute approximate surface area is 128 Å². The summed E-state index contributed by atoms with van der Waals surface area (Å²) in [5, 5.41) is 11.7. The van der Waals surface area contributed by atoms with E-state index in [2.05, 4.69) is 9.71 Å². The number of piperidine rings is 1. The third-order valence-corrected chi connectivity index (χ3v) is 6.02. The zero-order valence-electron chi connectivity index (χ0n) is 11.7. The second kappa shape index (κ2) is 6.82. The highest BCUT2D eigenvalue weighted by molar-refractivity contribution is 7.87. The second-order valence-electron chi connectivity index (χ2n) is 4.91. The molecule has 1 aromatic heterocycles. The number of carbonyl (C=O) groups is 1. The number of hydrogen-bond acceptors (Lipinski definition) is 5. The normalized spacial score (nSPS) is 22.0. The fourth-order valence-corrected chi connectivity index (χ4v) is 4.92. The molecule has 1 fully saturated rings. The molecule has 0 bridgehead atoms. The van der Waals surface area contributed by atoms with Crippen LogP contribution in [0.5, 0.6) is 0 Å². The van der Waals surface area contributed by atoms with Crippen LogP contribution in [-0.4, -0.2) is 41.4 Å². The van der Waals surface area contributed by atoms with E-state index < -0.39 is 28.3 Å². The Hall–Kier alpha value is -1.03. The Bertz CT molecular complexity index is 573. The van der Waals surface area contributed by atoms with Crippen LogP contribution in [0.25, 0.3) is 0 Å². The van der Waals surface area contributed by atoms with E-state index in [-0.39, 0.29) is 6.54 Å². The van der Waals surface area contributed by atoms with Crippen LogP contribution >= 0.6 is 11.3 Å². The van der Waals surface area contributed by atoms with Gasteiger partial charge in [0.2, 0.25) is 0 Å². The van der Waals surface area contributed by atoms with Crippen LogP contribution in [0.4, 0.5) is 0 Å². The number of carboxylic acid groups (broad SMARTS) is 1. The lowest BCUT2D eigenvalue weighted by Crippen LogP contribution is -2.52. The van der Waals surface area contributed by atoms with Gasteiger partial charge in [0.05, 0.1) is 6.04 Å². The van der Waals surface area contributed by atoms with Crippen molar-refractivity contribution >= 4 is 27.5 Å². The predicted octanol–water partition coefficient (Wildman–Crippen LogP) is 1.37. The SMILES string of the molecule is CCC(NS(=O)(=O)N1CCCCC1C(=O)O)c1nccs1. The van der Waals surface area contributed by atoms with E-state index in [9.17, 15) is 18.3 Å². The van der Waals surface area contributed by atoms with Crippen molar-refractivity contribution in [3.05, 3.63) is 16.6 Å². The van der Waals surface area contributed by atoms with Crippen molar-refractivity contribution in [3.8, 4) is 0 Å². The number of nitrogens with zero attached hydrogens (tertiary/aromatic N) is 2. The lowest BCUT2D eigenvalue weighted by Gasteiger charge is -2.32. The van der Waals surface area contributed by atoms with E-state index in [1.54, 1.807) is 11.6 Å². The molecule has 2 atom stereocenters. The van der Waals surface area contributed by atoms with Gasteiger partial charge in [0, 0.05) is 18.1 Å². The molecule has 0 aromatic carbocycles. The molecule has 0 saturated carbocycles. The summed E-state index contributed by atoms with van der Waals surface area (Å²) in [4.78, 5) is 15.4. The third-order valence-electron chi connectivity index (χ3n) is 3.50. The van der Waals surface area contributed by atoms with Gasteiger partial charge in [-0.15, -0.1) is 11.3 Å². The largest absolute Gasteiger partial charge is 0.480 e. The van der Waals surface area contributed by atoms with Crippen molar-refractivity contribution in [3.63, 3.8) is 0 Å². The molecule has 1 aromatic rings. The van der Waals surface area contributed by atoms with Crippen LogP contribution < -0.4 is 4.72 Å². The van der Waals surface area contributed by atoms with Gasteiger partial charge in [-0.25, -0.2) is 4.98 Å². The summed E-state index contributed by atoms with van der Waals surface area (Å²) in [6.45, 7) is 2.10. The highest BCUT2D eigenvalue weighted by atomic mass is 32.2. The predicted molar refractivity (Wildman–Crippen MR) is 79.2 cm³/mol. The van der Waals surface area contributed by atoms with Crippen molar-refractivity contribution < 1.29 is 18.3 Å². The standard InChI is InChI=1S/C12H19N3O4S2/c1-2-9(11-13-6-8-20-11)14-21(18,19)15-7-4-3-5-10(15)12(16)17/h6,8-10,14H,2-5,7H2,1H3,(H,16,17). The average Bonchev–Trinajstić information content (AvgIpc) is 2.99. The summed E-state index contributed by atoms with van der Waals surface area (Å²) in [7, 11) is -3.85. The summed E-state index contributed by atoms with van der Waals surface area (Å²) in [5.74, 6) is -1.10. The van der Waals surface area contributed by atoms with E-state index in [1.807, 2.05) is 6.92 Å². The summed E-state index contributed by atoms with van der Waals surface area (Å²) in [6.07, 6.45) is 3.94. The quantitative estimate of drug-likeness (QED) is 0.819. The van der Waals surface area contributed by atoms with Gasteiger partial charge in [0.1, 0.15) is 11.0 Å². The minimum atomic E-state index is -3.85. The van der Waals surface area contributed by atoms with Gasteiger partial charge in [-0.2, -0.15) is 17.4 Å². The maximum absolute atomic E-state index is 12.5. The Morgan fingerprint density at radius 3 is 2.95 bits per heavy atom. The molecule has 0 amide bonds. The smallest absolute Gasteiger partial charge is 0.322 e. The van der Waals surface area contributed by atoms with E-state index in [0.717, 1.165) is 10.7 Å². The lowest BCUT2D eigenvalue weighted by atomic mass is 10.1. The topological polar surface area (TPSA) is 99.6 Å². The summed E-state index contributed by atoms with van der Waals surface area (Å²) >= 11 is 1.38. The number of thiazole rings is 1. The zero-order chi connectivity index (χ0) is 15.5. The van der Waals surface area contributed by atoms with Gasteiger partial charge in [0.25, 0.3) is 10.2 Å². The van der Waals surface area contributed by atoms with E-state index in [4.69, 9.17) is 0 Å². The van der Waals surface area contributed by atoms with Crippen LogP contribution in [0, 0.1) is 0 Å². The van der Waals surface area contributed by atoms with Crippen molar-refractivity contribution in [2.75, 3.05) is 6.54 Å². The van der Waals surface area contributed by atoms with Crippen molar-refractivity contribution in [2.45, 2.75) is 44.7 Å². The van der Waals surface area contributed by atoms with Gasteiger partial charge in [-0.05, 0) is 25.7 Å². The Morgan fingerprint density at radius 2 is 2.38 bits per heavy atom. The minimum Gasteiger partial charge on any atom is -0.480 e. The van der Waals surface area contributed by atoms with Gasteiger partial charge < -0.3 is 5.11 Å². The van der Waals surface area contributed by atoms with Crippen LogP contribution in [0.1, 0.15) is 43.7 Å². The van der Waals surface area contributed by atoms with Gasteiger partial charge in [-0.1, -0.05) is 6.92 Å². The molecule has 1 saturated heterocycles. The fourth-order valence-electron chi connectivity index (χ4n) is 2.40. The zero-order valence-corrected chi connectivity index (χ0v) is 13.4. The van der Waals surface area contributed by atoms with Crippen molar-refractivity contribution in [1.82, 2.24) is 14.0 Å². The number of carboxylic acids is 1. The lowest BCUT2D eigenvalue weighted by molar-refractivity contribution is -0.142. The second-order valence-corrected chi connectivity index (χ2v) is 7.50. The number of aromatic nitrogens is 1. The first-order valence-corrected chi connectivity index (χ1v) is 9.19. The molecule has 2 heterocycles. The maximum atomic E-state index is 12.5. The molecule has 0 spiro atoms. The van der Waals surface area contributed by atoms with E-state index in [0.29, 0.717) is 24.3 Å². The van der Waals surface area contributed by atoms with E-state index >= 15 is 0 Å². The Morgan fingerprint density at radius 1 is 1.62 bits per heavy atom. The molecule has 0 aliphatic carbocycles.